The van der Waals surface area contributed by atoms with Crippen LogP contribution in [-0.2, 0) is 11.8 Å². The third-order valence-electron chi connectivity index (χ3n) is 5.86. The number of aromatic amines is 1. The van der Waals surface area contributed by atoms with Crippen molar-refractivity contribution >= 4 is 42.3 Å². The van der Waals surface area contributed by atoms with Gasteiger partial charge in [0.15, 0.2) is 0 Å². The SMILES string of the molecule is [B]C([B])(c1c[nH]c2cccc(OCc3ccc(OC(F)F)cc3)c12)C([B])([B])N(C(C)C)C(C)C. The van der Waals surface area contributed by atoms with Crippen molar-refractivity contribution in [2.45, 2.75) is 63.5 Å². The number of benzene rings is 2. The Morgan fingerprint density at radius 2 is 1.56 bits per heavy atom. The Hall–Kier alpha value is -2.34. The van der Waals surface area contributed by atoms with E-state index in [9.17, 15) is 8.78 Å². The highest BCUT2D eigenvalue weighted by Gasteiger charge is 2.43. The first-order valence-electron chi connectivity index (χ1n) is 11.1. The van der Waals surface area contributed by atoms with Gasteiger partial charge >= 0.3 is 6.61 Å². The predicted molar refractivity (Wildman–Crippen MR) is 135 cm³/mol. The zero-order valence-corrected chi connectivity index (χ0v) is 19.9. The molecule has 0 fully saturated rings. The summed E-state index contributed by atoms with van der Waals surface area (Å²) in [5, 5.41) is -2.57. The van der Waals surface area contributed by atoms with Crippen LogP contribution in [-0.4, -0.2) is 65.3 Å². The molecule has 0 amide bonds. The minimum atomic E-state index is -2.88. The number of rotatable bonds is 10. The van der Waals surface area contributed by atoms with E-state index >= 15 is 0 Å². The van der Waals surface area contributed by atoms with Crippen molar-refractivity contribution < 1.29 is 18.3 Å². The Balaban J connectivity index is 1.94. The molecule has 0 aliphatic rings. The van der Waals surface area contributed by atoms with Crippen molar-refractivity contribution in [1.82, 2.24) is 9.88 Å². The van der Waals surface area contributed by atoms with E-state index in [2.05, 4.69) is 9.72 Å². The van der Waals surface area contributed by atoms with Crippen LogP contribution in [0, 0.1) is 0 Å². The highest BCUT2D eigenvalue weighted by Crippen LogP contribution is 2.40. The molecule has 34 heavy (non-hydrogen) atoms. The van der Waals surface area contributed by atoms with Crippen LogP contribution in [0.2, 0.25) is 0 Å². The second-order valence-electron chi connectivity index (χ2n) is 8.98. The maximum absolute atomic E-state index is 12.4. The Morgan fingerprint density at radius 1 is 0.941 bits per heavy atom. The highest BCUT2D eigenvalue weighted by molar-refractivity contribution is 6.54. The molecular weight excluding hydrogens is 430 g/mol. The number of halogens is 2. The van der Waals surface area contributed by atoms with Crippen LogP contribution in [0.1, 0.15) is 38.8 Å². The number of ether oxygens (including phenoxy) is 2. The molecule has 0 spiro atoms. The predicted octanol–water partition coefficient (Wildman–Crippen LogP) is 3.95. The molecule has 0 saturated heterocycles. The van der Waals surface area contributed by atoms with Crippen molar-refractivity contribution in [3.8, 4) is 11.5 Å². The number of fused-ring (bicyclic) bond motifs is 1. The summed E-state index contributed by atoms with van der Waals surface area (Å²) in [6, 6.07) is 11.7. The Kier molecular flexibility index (Phi) is 7.81. The molecule has 2 aromatic carbocycles. The lowest BCUT2D eigenvalue weighted by molar-refractivity contribution is -0.0498. The standard InChI is InChI=1S/C24H26B4F2N2O2/c1-14(2)32(15(3)4)24(27,28)23(25,26)18-12-31-19-6-5-7-20(21(18)19)33-13-16-8-10-17(11-9-16)34-22(29)30/h5-12,14-15,22,31H,13H2,1-4H3. The molecule has 0 bridgehead atoms. The fraction of sp³-hybridized carbons (Fsp3) is 0.417. The van der Waals surface area contributed by atoms with Gasteiger partial charge in [-0.3, -0.25) is 0 Å². The quantitative estimate of drug-likeness (QED) is 0.471. The lowest BCUT2D eigenvalue weighted by atomic mass is 9.31. The van der Waals surface area contributed by atoms with Crippen molar-refractivity contribution in [3.05, 3.63) is 59.8 Å². The summed E-state index contributed by atoms with van der Waals surface area (Å²) >= 11 is 0. The first-order chi connectivity index (χ1) is 15.9. The normalized spacial score (nSPS) is 12.9. The van der Waals surface area contributed by atoms with E-state index in [4.69, 9.17) is 36.1 Å². The lowest BCUT2D eigenvalue weighted by Crippen LogP contribution is -2.68. The van der Waals surface area contributed by atoms with Crippen molar-refractivity contribution in [2.24, 2.45) is 0 Å². The van der Waals surface area contributed by atoms with Gasteiger partial charge in [0.25, 0.3) is 0 Å². The topological polar surface area (TPSA) is 37.5 Å². The first kappa shape index (κ1) is 26.3. The first-order valence-corrected chi connectivity index (χ1v) is 11.1. The molecule has 3 rings (SSSR count). The molecule has 1 N–H and O–H groups in total. The van der Waals surface area contributed by atoms with Gasteiger partial charge in [0.05, 0.1) is 31.4 Å². The molecule has 0 atom stereocenters. The molecule has 0 saturated carbocycles. The average molecular weight is 456 g/mol. The Morgan fingerprint density at radius 3 is 2.12 bits per heavy atom. The number of H-pyrrole nitrogens is 1. The fourth-order valence-corrected chi connectivity index (χ4v) is 4.41. The molecule has 0 aliphatic heterocycles. The van der Waals surface area contributed by atoms with Gasteiger partial charge in [-0.05, 0) is 63.1 Å². The van der Waals surface area contributed by atoms with Gasteiger partial charge in [-0.15, -0.1) is 0 Å². The smallest absolute Gasteiger partial charge is 0.387 e. The van der Waals surface area contributed by atoms with E-state index in [1.807, 2.05) is 44.7 Å². The van der Waals surface area contributed by atoms with Gasteiger partial charge in [0.1, 0.15) is 18.1 Å². The van der Waals surface area contributed by atoms with Crippen molar-refractivity contribution in [1.29, 1.82) is 0 Å². The minimum Gasteiger partial charge on any atom is -0.488 e. The van der Waals surface area contributed by atoms with Gasteiger partial charge < -0.3 is 19.4 Å². The summed E-state index contributed by atoms with van der Waals surface area (Å²) < 4.78 is 35.2. The summed E-state index contributed by atoms with van der Waals surface area (Å²) in [4.78, 5) is 5.04. The summed E-state index contributed by atoms with van der Waals surface area (Å²) in [7, 11) is 26.6. The van der Waals surface area contributed by atoms with Crippen LogP contribution in [0.25, 0.3) is 10.9 Å². The van der Waals surface area contributed by atoms with Gasteiger partial charge in [-0.25, -0.2) is 0 Å². The molecule has 170 valence electrons. The molecule has 0 aliphatic carbocycles. The third kappa shape index (κ3) is 5.17. The third-order valence-corrected chi connectivity index (χ3v) is 5.86. The molecule has 1 heterocycles. The maximum Gasteiger partial charge on any atom is 0.387 e. The maximum atomic E-state index is 12.4. The summed E-state index contributed by atoms with van der Waals surface area (Å²) in [6.07, 6.45) is 1.70. The molecular formula is C24H26B4F2N2O2. The number of hydrogen-bond donors (Lipinski definition) is 1. The molecule has 1 aromatic heterocycles. The largest absolute Gasteiger partial charge is 0.488 e. The second kappa shape index (κ2) is 10.1. The van der Waals surface area contributed by atoms with Crippen LogP contribution in [0.15, 0.2) is 48.7 Å². The Labute approximate surface area is 205 Å². The summed E-state index contributed by atoms with van der Waals surface area (Å²) in [6.45, 7) is 5.22. The van der Waals surface area contributed by atoms with Gasteiger partial charge in [-0.1, -0.05) is 28.8 Å². The van der Waals surface area contributed by atoms with E-state index in [-0.39, 0.29) is 24.4 Å². The minimum absolute atomic E-state index is 0.0144. The van der Waals surface area contributed by atoms with Gasteiger partial charge in [-0.2, -0.15) is 8.78 Å². The van der Waals surface area contributed by atoms with Crippen LogP contribution >= 0.6 is 0 Å². The molecule has 8 radical (unpaired) electrons. The molecule has 3 aromatic rings. The number of hydrogen-bond acceptors (Lipinski definition) is 3. The fourth-order valence-electron chi connectivity index (χ4n) is 4.41. The van der Waals surface area contributed by atoms with E-state index in [1.165, 1.54) is 12.1 Å². The summed E-state index contributed by atoms with van der Waals surface area (Å²) in [5.41, 5.74) is 2.03. The molecule has 0 unspecified atom stereocenters. The van der Waals surface area contributed by atoms with Gasteiger partial charge in [0, 0.05) is 29.2 Å². The lowest BCUT2D eigenvalue weighted by Gasteiger charge is -2.55. The van der Waals surface area contributed by atoms with E-state index in [1.54, 1.807) is 24.4 Å². The van der Waals surface area contributed by atoms with Crippen molar-refractivity contribution in [2.75, 3.05) is 0 Å². The van der Waals surface area contributed by atoms with Crippen LogP contribution in [0.3, 0.4) is 0 Å². The number of nitrogens with zero attached hydrogens (tertiary/aromatic N) is 1. The van der Waals surface area contributed by atoms with E-state index in [0.29, 0.717) is 16.7 Å². The Bertz CT molecular complexity index is 1090. The van der Waals surface area contributed by atoms with E-state index < -0.39 is 17.2 Å². The number of aromatic nitrogens is 1. The highest BCUT2D eigenvalue weighted by atomic mass is 19.3. The van der Waals surface area contributed by atoms with Crippen LogP contribution in [0.4, 0.5) is 8.78 Å². The van der Waals surface area contributed by atoms with E-state index in [0.717, 1.165) is 11.1 Å². The average Bonchev–Trinajstić information content (AvgIpc) is 3.17. The monoisotopic (exact) mass is 456 g/mol. The van der Waals surface area contributed by atoms with Crippen LogP contribution < -0.4 is 9.47 Å². The second-order valence-corrected chi connectivity index (χ2v) is 8.98. The zero-order valence-electron chi connectivity index (χ0n) is 19.9. The summed E-state index contributed by atoms with van der Waals surface area (Å²) in [5.74, 6) is 0.602. The molecule has 4 nitrogen and oxygen atoms in total. The molecule has 10 heteroatoms. The number of nitrogens with one attached hydrogen (secondary N) is 1. The van der Waals surface area contributed by atoms with Crippen molar-refractivity contribution in [3.63, 3.8) is 0 Å². The number of alkyl halides is 2. The van der Waals surface area contributed by atoms with Crippen LogP contribution in [0.5, 0.6) is 11.5 Å². The zero-order chi connectivity index (χ0) is 25.3. The van der Waals surface area contributed by atoms with Gasteiger partial charge in [0.2, 0.25) is 0 Å².